The monoisotopic (exact) mass is 272 g/mol. The molecule has 0 fully saturated rings. The zero-order valence-electron chi connectivity index (χ0n) is 10.4. The van der Waals surface area contributed by atoms with Crippen molar-refractivity contribution in [1.29, 1.82) is 0 Å². The van der Waals surface area contributed by atoms with Gasteiger partial charge in [-0.1, -0.05) is 23.9 Å². The number of fused-ring (bicyclic) bond motifs is 2. The maximum Gasteiger partial charge on any atom is 0.338 e. The first-order valence-electron chi connectivity index (χ1n) is 6.04. The van der Waals surface area contributed by atoms with Crippen molar-refractivity contribution in [3.8, 4) is 11.5 Å². The van der Waals surface area contributed by atoms with E-state index in [4.69, 9.17) is 9.47 Å². The van der Waals surface area contributed by atoms with Crippen LogP contribution in [0.2, 0.25) is 0 Å². The van der Waals surface area contributed by atoms with Gasteiger partial charge in [-0.25, -0.2) is 4.79 Å². The molecular formula is C15H12O3S. The number of ether oxygens (including phenoxy) is 2. The average molecular weight is 272 g/mol. The molecule has 0 saturated heterocycles. The Labute approximate surface area is 115 Å². The topological polar surface area (TPSA) is 35.5 Å². The zero-order chi connectivity index (χ0) is 13.2. The van der Waals surface area contributed by atoms with Gasteiger partial charge in [0.15, 0.2) is 0 Å². The Morgan fingerprint density at radius 3 is 2.79 bits per heavy atom. The first-order chi connectivity index (χ1) is 9.28. The molecule has 1 aliphatic heterocycles. The predicted molar refractivity (Wildman–Crippen MR) is 73.0 cm³/mol. The second kappa shape index (κ2) is 4.97. The number of benzene rings is 2. The van der Waals surface area contributed by atoms with Crippen molar-refractivity contribution < 1.29 is 14.3 Å². The SMILES string of the molecule is CCOC(=O)c1ccc2c(c1)Sc1ccccc1O2. The van der Waals surface area contributed by atoms with Crippen LogP contribution >= 0.6 is 11.8 Å². The van der Waals surface area contributed by atoms with Crippen LogP contribution in [0, 0.1) is 0 Å². The van der Waals surface area contributed by atoms with Gasteiger partial charge in [-0.3, -0.25) is 0 Å². The van der Waals surface area contributed by atoms with Gasteiger partial charge in [0.2, 0.25) is 0 Å². The fourth-order valence-electron chi connectivity index (χ4n) is 1.87. The third kappa shape index (κ3) is 2.31. The van der Waals surface area contributed by atoms with Crippen LogP contribution in [0.25, 0.3) is 0 Å². The number of rotatable bonds is 2. The van der Waals surface area contributed by atoms with Crippen molar-refractivity contribution >= 4 is 17.7 Å². The number of hydrogen-bond acceptors (Lipinski definition) is 4. The minimum absolute atomic E-state index is 0.301. The van der Waals surface area contributed by atoms with E-state index in [1.807, 2.05) is 36.4 Å². The van der Waals surface area contributed by atoms with E-state index in [0.717, 1.165) is 21.3 Å². The van der Waals surface area contributed by atoms with E-state index in [9.17, 15) is 4.79 Å². The number of hydrogen-bond donors (Lipinski definition) is 0. The van der Waals surface area contributed by atoms with E-state index in [1.54, 1.807) is 24.8 Å². The Kier molecular flexibility index (Phi) is 3.17. The van der Waals surface area contributed by atoms with Crippen LogP contribution in [-0.2, 0) is 4.74 Å². The molecule has 0 N–H and O–H groups in total. The van der Waals surface area contributed by atoms with Crippen LogP contribution in [0.4, 0.5) is 0 Å². The van der Waals surface area contributed by atoms with Crippen molar-refractivity contribution in [2.75, 3.05) is 6.61 Å². The third-order valence-corrected chi connectivity index (χ3v) is 3.84. The van der Waals surface area contributed by atoms with Crippen molar-refractivity contribution in [1.82, 2.24) is 0 Å². The van der Waals surface area contributed by atoms with Gasteiger partial charge in [-0.2, -0.15) is 0 Å². The lowest BCUT2D eigenvalue weighted by Gasteiger charge is -2.19. The Morgan fingerprint density at radius 2 is 1.95 bits per heavy atom. The van der Waals surface area contributed by atoms with E-state index in [0.29, 0.717) is 12.2 Å². The second-order valence-electron chi connectivity index (χ2n) is 4.03. The molecule has 0 spiro atoms. The van der Waals surface area contributed by atoms with Gasteiger partial charge in [0.25, 0.3) is 0 Å². The second-order valence-corrected chi connectivity index (χ2v) is 5.12. The molecule has 3 rings (SSSR count). The van der Waals surface area contributed by atoms with Crippen molar-refractivity contribution in [2.45, 2.75) is 16.7 Å². The summed E-state index contributed by atoms with van der Waals surface area (Å²) in [5.74, 6) is 1.32. The molecule has 2 aromatic rings. The van der Waals surface area contributed by atoms with E-state index in [1.165, 1.54) is 0 Å². The Bertz CT molecular complexity index is 637. The molecule has 0 atom stereocenters. The minimum Gasteiger partial charge on any atom is -0.462 e. The molecule has 96 valence electrons. The zero-order valence-corrected chi connectivity index (χ0v) is 11.2. The molecule has 2 aromatic carbocycles. The van der Waals surface area contributed by atoms with Crippen LogP contribution in [0.5, 0.6) is 11.5 Å². The fourth-order valence-corrected chi connectivity index (χ4v) is 2.86. The molecule has 0 aliphatic carbocycles. The summed E-state index contributed by atoms with van der Waals surface area (Å²) in [6, 6.07) is 13.2. The summed E-state index contributed by atoms with van der Waals surface area (Å²) in [4.78, 5) is 13.7. The smallest absolute Gasteiger partial charge is 0.338 e. The molecule has 1 aliphatic rings. The number of esters is 1. The third-order valence-electron chi connectivity index (χ3n) is 2.74. The lowest BCUT2D eigenvalue weighted by atomic mass is 10.2. The molecule has 1 heterocycles. The Morgan fingerprint density at radius 1 is 1.16 bits per heavy atom. The van der Waals surface area contributed by atoms with Gasteiger partial charge in [0, 0.05) is 0 Å². The van der Waals surface area contributed by atoms with E-state index in [2.05, 4.69) is 0 Å². The molecule has 4 heteroatoms. The number of carbonyl (C=O) groups is 1. The molecule has 0 amide bonds. The van der Waals surface area contributed by atoms with Crippen LogP contribution in [0.3, 0.4) is 0 Å². The Hall–Kier alpha value is -1.94. The van der Waals surface area contributed by atoms with E-state index >= 15 is 0 Å². The summed E-state index contributed by atoms with van der Waals surface area (Å²) in [6.45, 7) is 2.17. The lowest BCUT2D eigenvalue weighted by molar-refractivity contribution is 0.0526. The highest BCUT2D eigenvalue weighted by atomic mass is 32.2. The van der Waals surface area contributed by atoms with Crippen molar-refractivity contribution in [2.24, 2.45) is 0 Å². The molecule has 19 heavy (non-hydrogen) atoms. The van der Waals surface area contributed by atoms with Gasteiger partial charge in [-0.05, 0) is 37.3 Å². The quantitative estimate of drug-likeness (QED) is 0.657. The molecule has 0 radical (unpaired) electrons. The van der Waals surface area contributed by atoms with Crippen LogP contribution in [-0.4, -0.2) is 12.6 Å². The number of carbonyl (C=O) groups excluding carboxylic acids is 1. The highest BCUT2D eigenvalue weighted by Crippen LogP contribution is 2.46. The average Bonchev–Trinajstić information content (AvgIpc) is 2.44. The van der Waals surface area contributed by atoms with Crippen LogP contribution in [0.15, 0.2) is 52.3 Å². The first-order valence-corrected chi connectivity index (χ1v) is 6.85. The summed E-state index contributed by atoms with van der Waals surface area (Å²) in [5.41, 5.74) is 0.552. The predicted octanol–water partition coefficient (Wildman–Crippen LogP) is 4.12. The Balaban J connectivity index is 1.94. The fraction of sp³-hybridized carbons (Fsp3) is 0.133. The highest BCUT2D eigenvalue weighted by Gasteiger charge is 2.19. The summed E-state index contributed by atoms with van der Waals surface area (Å²) in [7, 11) is 0. The van der Waals surface area contributed by atoms with Gasteiger partial charge in [0.1, 0.15) is 11.5 Å². The normalized spacial score (nSPS) is 12.1. The standard InChI is InChI=1S/C15H12O3S/c1-2-17-15(16)10-7-8-12-14(9-10)19-13-6-4-3-5-11(13)18-12/h3-9H,2H2,1H3. The highest BCUT2D eigenvalue weighted by molar-refractivity contribution is 7.99. The van der Waals surface area contributed by atoms with Crippen molar-refractivity contribution in [3.63, 3.8) is 0 Å². The maximum atomic E-state index is 11.7. The molecule has 0 bridgehead atoms. The van der Waals surface area contributed by atoms with Gasteiger partial charge >= 0.3 is 5.97 Å². The summed E-state index contributed by atoms with van der Waals surface area (Å²) < 4.78 is 10.8. The lowest BCUT2D eigenvalue weighted by Crippen LogP contribution is -2.05. The molecule has 0 unspecified atom stereocenters. The minimum atomic E-state index is -0.301. The summed E-state index contributed by atoms with van der Waals surface area (Å²) >= 11 is 1.60. The van der Waals surface area contributed by atoms with E-state index < -0.39 is 0 Å². The summed E-state index contributed by atoms with van der Waals surface area (Å²) in [6.07, 6.45) is 0. The molecular weight excluding hydrogens is 260 g/mol. The molecule has 0 saturated carbocycles. The van der Waals surface area contributed by atoms with Crippen molar-refractivity contribution in [3.05, 3.63) is 48.0 Å². The largest absolute Gasteiger partial charge is 0.462 e. The van der Waals surface area contributed by atoms with Gasteiger partial charge in [0.05, 0.1) is 22.0 Å². The maximum absolute atomic E-state index is 11.7. The van der Waals surface area contributed by atoms with Crippen LogP contribution in [0.1, 0.15) is 17.3 Å². The first kappa shape index (κ1) is 12.1. The summed E-state index contributed by atoms with van der Waals surface area (Å²) in [5, 5.41) is 0. The molecule has 0 aromatic heterocycles. The number of para-hydroxylation sites is 1. The molecule has 3 nitrogen and oxygen atoms in total. The van der Waals surface area contributed by atoms with Gasteiger partial charge in [-0.15, -0.1) is 0 Å². The van der Waals surface area contributed by atoms with Gasteiger partial charge < -0.3 is 9.47 Å². The van der Waals surface area contributed by atoms with Crippen LogP contribution < -0.4 is 4.74 Å². The van der Waals surface area contributed by atoms with E-state index in [-0.39, 0.29) is 5.97 Å².